The summed E-state index contributed by atoms with van der Waals surface area (Å²) in [7, 11) is 2.00. The minimum absolute atomic E-state index is 0. The molecule has 2 rings (SSSR count). The van der Waals surface area contributed by atoms with Crippen LogP contribution in [0.3, 0.4) is 0 Å². The van der Waals surface area contributed by atoms with Gasteiger partial charge in [-0.25, -0.2) is 0 Å². The number of hydrogen-bond donors (Lipinski definition) is 0. The lowest BCUT2D eigenvalue weighted by Gasteiger charge is -2.19. The molecule has 100 valence electrons. The molecule has 2 heterocycles. The van der Waals surface area contributed by atoms with E-state index >= 15 is 0 Å². The summed E-state index contributed by atoms with van der Waals surface area (Å²) >= 11 is 0. The maximum Gasteiger partial charge on any atom is 0.222 e. The van der Waals surface area contributed by atoms with Gasteiger partial charge in [-0.05, 0) is 32.4 Å². The monoisotopic (exact) mass is 240 g/mol. The van der Waals surface area contributed by atoms with Crippen LogP contribution < -0.4 is 0 Å². The van der Waals surface area contributed by atoms with Gasteiger partial charge in [-0.3, -0.25) is 4.79 Å². The second-order valence-corrected chi connectivity index (χ2v) is 4.13. The molecular weight excluding hydrogens is 212 g/mol. The fourth-order valence-corrected chi connectivity index (χ4v) is 1.64. The van der Waals surface area contributed by atoms with E-state index in [1.54, 1.807) is 0 Å². The Hall–Kier alpha value is -1.25. The Balaban J connectivity index is 0. The van der Waals surface area contributed by atoms with E-state index in [1.165, 1.54) is 0 Å². The first-order valence-corrected chi connectivity index (χ1v) is 5.47. The van der Waals surface area contributed by atoms with Gasteiger partial charge in [0.05, 0.1) is 0 Å². The van der Waals surface area contributed by atoms with Gasteiger partial charge in [0.2, 0.25) is 5.91 Å². The van der Waals surface area contributed by atoms with Crippen molar-refractivity contribution in [3.05, 3.63) is 24.5 Å². The first-order valence-electron chi connectivity index (χ1n) is 5.47. The Morgan fingerprint density at radius 3 is 1.88 bits per heavy atom. The molecule has 0 unspecified atom stereocenters. The average Bonchev–Trinajstić information content (AvgIpc) is 2.77. The molecule has 1 aromatic heterocycles. The molecule has 0 radical (unpaired) electrons. The number of carbonyl (C=O) groups excluding carboxylic acids is 1. The Bertz CT molecular complexity index is 291. The lowest BCUT2D eigenvalue weighted by Crippen LogP contribution is -2.31. The third-order valence-corrected chi connectivity index (χ3v) is 2.49. The Morgan fingerprint density at radius 2 is 1.71 bits per heavy atom. The zero-order chi connectivity index (χ0) is 11.3. The van der Waals surface area contributed by atoms with Crippen molar-refractivity contribution in [3.63, 3.8) is 0 Å². The highest BCUT2D eigenvalue weighted by molar-refractivity contribution is 5.78. The van der Waals surface area contributed by atoms with Crippen LogP contribution in [0.2, 0.25) is 0 Å². The lowest BCUT2D eigenvalue weighted by atomic mass is 10.3. The summed E-state index contributed by atoms with van der Waals surface area (Å²) in [5.41, 5.74) is 0. The van der Waals surface area contributed by atoms with E-state index in [0.29, 0.717) is 11.9 Å². The molecule has 0 bridgehead atoms. The van der Waals surface area contributed by atoms with Crippen molar-refractivity contribution in [2.45, 2.75) is 47.6 Å². The number of rotatable bonds is 1. The second-order valence-electron chi connectivity index (χ2n) is 4.13. The summed E-state index contributed by atoms with van der Waals surface area (Å²) < 4.78 is 2.00. The van der Waals surface area contributed by atoms with Crippen LogP contribution in [-0.4, -0.2) is 28.0 Å². The fraction of sp³-hybridized carbons (Fsp3) is 0.643. The number of aromatic nitrogens is 1. The van der Waals surface area contributed by atoms with Gasteiger partial charge in [-0.2, -0.15) is 0 Å². The smallest absolute Gasteiger partial charge is 0.222 e. The van der Waals surface area contributed by atoms with Gasteiger partial charge in [0, 0.05) is 38.4 Å². The Kier molecular flexibility index (Phi) is 9.44. The number of carbonyl (C=O) groups is 1. The van der Waals surface area contributed by atoms with E-state index in [2.05, 4.69) is 13.8 Å². The molecule has 0 aromatic carbocycles. The second kappa shape index (κ2) is 8.85. The van der Waals surface area contributed by atoms with Crippen LogP contribution in [-0.2, 0) is 11.8 Å². The maximum absolute atomic E-state index is 10.9. The molecule has 0 saturated carbocycles. The van der Waals surface area contributed by atoms with Crippen molar-refractivity contribution in [2.24, 2.45) is 7.05 Å². The van der Waals surface area contributed by atoms with E-state index in [9.17, 15) is 4.79 Å². The van der Waals surface area contributed by atoms with E-state index in [1.807, 2.05) is 41.0 Å². The predicted octanol–water partition coefficient (Wildman–Crippen LogP) is 3.31. The van der Waals surface area contributed by atoms with Crippen LogP contribution >= 0.6 is 0 Å². The van der Waals surface area contributed by atoms with Gasteiger partial charge >= 0.3 is 0 Å². The molecular formula is C14H28N2O. The third-order valence-electron chi connectivity index (χ3n) is 2.49. The highest BCUT2D eigenvalue weighted by Crippen LogP contribution is 2.12. The Labute approximate surface area is 106 Å². The molecule has 1 aliphatic rings. The van der Waals surface area contributed by atoms with Crippen molar-refractivity contribution in [1.29, 1.82) is 0 Å². The fourth-order valence-electron chi connectivity index (χ4n) is 1.64. The summed E-state index contributed by atoms with van der Waals surface area (Å²) in [4.78, 5) is 12.9. The van der Waals surface area contributed by atoms with Gasteiger partial charge < -0.3 is 9.47 Å². The summed E-state index contributed by atoms with van der Waals surface area (Å²) in [6, 6.07) is 4.40. The molecule has 3 nitrogen and oxygen atoms in total. The molecule has 3 heteroatoms. The molecule has 0 N–H and O–H groups in total. The number of aryl methyl sites for hydroxylation is 1. The number of amides is 1. The van der Waals surface area contributed by atoms with Gasteiger partial charge in [0.15, 0.2) is 0 Å². The zero-order valence-corrected chi connectivity index (χ0v) is 9.81. The van der Waals surface area contributed by atoms with Crippen LogP contribution in [0.4, 0.5) is 0 Å². The van der Waals surface area contributed by atoms with Gasteiger partial charge in [0.25, 0.3) is 0 Å². The zero-order valence-electron chi connectivity index (χ0n) is 9.81. The third kappa shape index (κ3) is 6.15. The van der Waals surface area contributed by atoms with Gasteiger partial charge in [-0.15, -0.1) is 0 Å². The van der Waals surface area contributed by atoms with Crippen LogP contribution in [0.15, 0.2) is 24.5 Å². The number of nitrogens with zero attached hydrogens (tertiary/aromatic N) is 2. The van der Waals surface area contributed by atoms with Gasteiger partial charge in [-0.1, -0.05) is 14.9 Å². The van der Waals surface area contributed by atoms with E-state index in [4.69, 9.17) is 0 Å². The summed E-state index contributed by atoms with van der Waals surface area (Å²) in [6.07, 6.45) is 5.81. The maximum atomic E-state index is 10.9. The molecule has 0 spiro atoms. The standard InChI is InChI=1S/C7H13NO.C5H7N.2CH4/c1-6(2)8-5-3-4-7(8)9;1-6-4-2-3-5-6;;/h6H,3-5H2,1-2H3;2-5H,1H3;2*1H4. The molecule has 1 saturated heterocycles. The molecule has 1 aliphatic heterocycles. The summed E-state index contributed by atoms with van der Waals surface area (Å²) in [5, 5.41) is 0. The van der Waals surface area contributed by atoms with Crippen molar-refractivity contribution in [1.82, 2.24) is 9.47 Å². The van der Waals surface area contributed by atoms with Crippen molar-refractivity contribution >= 4 is 5.91 Å². The summed E-state index contributed by atoms with van der Waals surface area (Å²) in [5.74, 6) is 0.324. The van der Waals surface area contributed by atoms with Crippen molar-refractivity contribution < 1.29 is 4.79 Å². The predicted molar refractivity (Wildman–Crippen MR) is 75.0 cm³/mol. The molecule has 0 aliphatic carbocycles. The van der Waals surface area contributed by atoms with Crippen LogP contribution in [0.25, 0.3) is 0 Å². The van der Waals surface area contributed by atoms with E-state index < -0.39 is 0 Å². The van der Waals surface area contributed by atoms with Gasteiger partial charge in [0.1, 0.15) is 0 Å². The van der Waals surface area contributed by atoms with Crippen LogP contribution in [0.5, 0.6) is 0 Å². The largest absolute Gasteiger partial charge is 0.357 e. The first kappa shape index (κ1) is 18.1. The topological polar surface area (TPSA) is 25.2 Å². The normalized spacial score (nSPS) is 13.6. The average molecular weight is 240 g/mol. The number of hydrogen-bond acceptors (Lipinski definition) is 1. The van der Waals surface area contributed by atoms with Crippen LogP contribution in [0, 0.1) is 0 Å². The van der Waals surface area contributed by atoms with Crippen LogP contribution in [0.1, 0.15) is 41.5 Å². The molecule has 1 fully saturated rings. The quantitative estimate of drug-likeness (QED) is 0.739. The number of likely N-dealkylation sites (tertiary alicyclic amines) is 1. The molecule has 1 aromatic rings. The van der Waals surface area contributed by atoms with E-state index in [0.717, 1.165) is 19.4 Å². The first-order chi connectivity index (χ1) is 7.11. The lowest BCUT2D eigenvalue weighted by molar-refractivity contribution is -0.129. The Morgan fingerprint density at radius 1 is 1.18 bits per heavy atom. The molecule has 17 heavy (non-hydrogen) atoms. The van der Waals surface area contributed by atoms with E-state index in [-0.39, 0.29) is 14.9 Å². The minimum atomic E-state index is 0. The SMILES string of the molecule is C.C.CC(C)N1CCCC1=O.Cn1cccc1. The highest BCUT2D eigenvalue weighted by atomic mass is 16.2. The highest BCUT2D eigenvalue weighted by Gasteiger charge is 2.21. The molecule has 1 amide bonds. The molecule has 0 atom stereocenters. The van der Waals surface area contributed by atoms with Crippen molar-refractivity contribution in [3.8, 4) is 0 Å². The van der Waals surface area contributed by atoms with Crippen molar-refractivity contribution in [2.75, 3.05) is 6.54 Å². The minimum Gasteiger partial charge on any atom is -0.357 e. The summed E-state index contributed by atoms with van der Waals surface area (Å²) in [6.45, 7) is 5.09.